The fourth-order valence-corrected chi connectivity index (χ4v) is 2.40. The van der Waals surface area contributed by atoms with Crippen molar-refractivity contribution in [3.05, 3.63) is 35.7 Å². The molecule has 1 aromatic heterocycles. The van der Waals surface area contributed by atoms with E-state index >= 15 is 0 Å². The molecule has 2 aromatic rings. The van der Waals surface area contributed by atoms with Crippen LogP contribution in [0.25, 0.3) is 10.4 Å². The van der Waals surface area contributed by atoms with E-state index in [9.17, 15) is 5.11 Å². The number of aliphatic hydroxyl groups is 2. The molecule has 0 fully saturated rings. The molecule has 0 spiro atoms. The van der Waals surface area contributed by atoms with Gasteiger partial charge in [0, 0.05) is 28.4 Å². The van der Waals surface area contributed by atoms with Crippen LogP contribution >= 0.6 is 36.2 Å². The van der Waals surface area contributed by atoms with Gasteiger partial charge in [0.25, 0.3) is 0 Å². The number of hydrogen-bond acceptors (Lipinski definition) is 5. The zero-order valence-electron chi connectivity index (χ0n) is 10.7. The van der Waals surface area contributed by atoms with Crippen LogP contribution in [0.2, 0.25) is 0 Å². The number of hydrogen-bond donors (Lipinski definition) is 4. The molecule has 1 unspecified atom stereocenters. The van der Waals surface area contributed by atoms with Crippen LogP contribution in [0, 0.1) is 0 Å². The number of nitrogens with two attached hydrogens (primary N) is 1. The summed E-state index contributed by atoms with van der Waals surface area (Å²) in [5.74, 6) is 0. The zero-order chi connectivity index (χ0) is 13.0. The highest BCUT2D eigenvalue weighted by molar-refractivity contribution is 7.13. The maximum absolute atomic E-state index is 9.36. The summed E-state index contributed by atoms with van der Waals surface area (Å²) in [6.45, 7) is 0.0507. The lowest BCUT2D eigenvalue weighted by Crippen LogP contribution is -2.23. The highest BCUT2D eigenvalue weighted by Gasteiger charge is 2.08. The summed E-state index contributed by atoms with van der Waals surface area (Å²) >= 11 is 1.63. The van der Waals surface area contributed by atoms with E-state index in [1.54, 1.807) is 11.3 Å². The van der Waals surface area contributed by atoms with Crippen LogP contribution in [-0.2, 0) is 0 Å². The molecule has 1 atom stereocenters. The van der Waals surface area contributed by atoms with Gasteiger partial charge >= 0.3 is 0 Å². The third-order valence-corrected chi connectivity index (χ3v) is 3.47. The van der Waals surface area contributed by atoms with Gasteiger partial charge in [-0.15, -0.1) is 36.2 Å². The van der Waals surface area contributed by atoms with Crippen LogP contribution < -0.4 is 11.1 Å². The molecular formula is C13H18Cl2N2O2S. The summed E-state index contributed by atoms with van der Waals surface area (Å²) in [6.07, 6.45) is -0.765. The highest BCUT2D eigenvalue weighted by Crippen LogP contribution is 2.33. The average molecular weight is 337 g/mol. The number of halogens is 2. The predicted octanol–water partition coefficient (Wildman–Crippen LogP) is 2.61. The number of thiophene rings is 1. The maximum atomic E-state index is 9.36. The minimum absolute atomic E-state index is 0. The second kappa shape index (κ2) is 9.05. The smallest absolute Gasteiger partial charge is 0.0942 e. The molecular weight excluding hydrogens is 319 g/mol. The molecule has 0 saturated carbocycles. The topological polar surface area (TPSA) is 78.5 Å². The molecule has 0 radical (unpaired) electrons. The Kier molecular flexibility index (Phi) is 8.60. The predicted molar refractivity (Wildman–Crippen MR) is 90.2 cm³/mol. The largest absolute Gasteiger partial charge is 0.399 e. The Morgan fingerprint density at radius 1 is 1.25 bits per heavy atom. The van der Waals surface area contributed by atoms with Crippen molar-refractivity contribution in [3.63, 3.8) is 0 Å². The first-order valence-corrected chi connectivity index (χ1v) is 6.55. The van der Waals surface area contributed by atoms with Crippen molar-refractivity contribution in [3.8, 4) is 10.4 Å². The van der Waals surface area contributed by atoms with Crippen LogP contribution in [0.4, 0.5) is 11.4 Å². The van der Waals surface area contributed by atoms with Gasteiger partial charge in [0.15, 0.2) is 0 Å². The van der Waals surface area contributed by atoms with Crippen LogP contribution in [-0.4, -0.2) is 29.5 Å². The van der Waals surface area contributed by atoms with Crippen LogP contribution in [0.1, 0.15) is 0 Å². The molecule has 0 saturated heterocycles. The summed E-state index contributed by atoms with van der Waals surface area (Å²) < 4.78 is 0. The van der Waals surface area contributed by atoms with Gasteiger partial charge in [0.1, 0.15) is 0 Å². The molecule has 1 heterocycles. The fourth-order valence-electron chi connectivity index (χ4n) is 1.64. The van der Waals surface area contributed by atoms with Crippen molar-refractivity contribution in [1.82, 2.24) is 0 Å². The number of nitrogen functional groups attached to an aromatic ring is 1. The van der Waals surface area contributed by atoms with Crippen LogP contribution in [0.15, 0.2) is 35.7 Å². The number of aliphatic hydroxyl groups excluding tert-OH is 2. The van der Waals surface area contributed by atoms with Crippen molar-refractivity contribution in [1.29, 1.82) is 0 Å². The summed E-state index contributed by atoms with van der Waals surface area (Å²) in [5, 5.41) is 23.3. The Hall–Kier alpha value is -0.980. The number of anilines is 2. The first-order chi connectivity index (χ1) is 8.70. The number of benzene rings is 1. The molecule has 1 aromatic carbocycles. The monoisotopic (exact) mass is 336 g/mol. The summed E-state index contributed by atoms with van der Waals surface area (Å²) in [5.41, 5.74) is 8.42. The molecule has 5 N–H and O–H groups in total. The quantitative estimate of drug-likeness (QED) is 0.633. The van der Waals surface area contributed by atoms with Gasteiger partial charge in [-0.2, -0.15) is 0 Å². The van der Waals surface area contributed by atoms with Crippen molar-refractivity contribution in [2.75, 3.05) is 24.2 Å². The van der Waals surface area contributed by atoms with E-state index in [0.29, 0.717) is 12.2 Å². The van der Waals surface area contributed by atoms with Gasteiger partial charge in [-0.25, -0.2) is 0 Å². The Morgan fingerprint density at radius 3 is 2.60 bits per heavy atom. The lowest BCUT2D eigenvalue weighted by Gasteiger charge is -2.14. The standard InChI is InChI=1S/C13H16N2O2S.2ClH/c14-9-3-4-12(15-7-10(17)8-16)11(6-9)13-2-1-5-18-13;;/h1-6,10,15-17H,7-8,14H2;2*1H. The number of nitrogens with one attached hydrogen (secondary N) is 1. The van der Waals surface area contributed by atoms with E-state index in [0.717, 1.165) is 16.1 Å². The summed E-state index contributed by atoms with van der Waals surface area (Å²) in [7, 11) is 0. The van der Waals surface area contributed by atoms with Gasteiger partial charge < -0.3 is 21.3 Å². The molecule has 7 heteroatoms. The van der Waals surface area contributed by atoms with Crippen molar-refractivity contribution < 1.29 is 10.2 Å². The molecule has 0 aliphatic carbocycles. The Morgan fingerprint density at radius 2 is 2.00 bits per heavy atom. The lowest BCUT2D eigenvalue weighted by molar-refractivity contribution is 0.105. The maximum Gasteiger partial charge on any atom is 0.0942 e. The normalized spacial score (nSPS) is 11.1. The van der Waals surface area contributed by atoms with E-state index in [1.807, 2.05) is 35.7 Å². The summed E-state index contributed by atoms with van der Waals surface area (Å²) in [4.78, 5) is 1.11. The van der Waals surface area contributed by atoms with Crippen molar-refractivity contribution >= 4 is 47.5 Å². The fraction of sp³-hybridized carbons (Fsp3) is 0.231. The molecule has 0 amide bonds. The van der Waals surface area contributed by atoms with Crippen LogP contribution in [0.5, 0.6) is 0 Å². The molecule has 0 bridgehead atoms. The van der Waals surface area contributed by atoms with E-state index in [2.05, 4.69) is 5.32 Å². The minimum atomic E-state index is -0.765. The Labute approximate surface area is 134 Å². The second-order valence-electron chi connectivity index (χ2n) is 4.00. The van der Waals surface area contributed by atoms with Crippen molar-refractivity contribution in [2.24, 2.45) is 0 Å². The first-order valence-electron chi connectivity index (χ1n) is 5.67. The van der Waals surface area contributed by atoms with E-state index in [-0.39, 0.29) is 31.4 Å². The Bertz CT molecular complexity index is 509. The van der Waals surface area contributed by atoms with Crippen molar-refractivity contribution in [2.45, 2.75) is 6.10 Å². The molecule has 4 nitrogen and oxygen atoms in total. The van der Waals surface area contributed by atoms with Gasteiger partial charge in [0.2, 0.25) is 0 Å². The third-order valence-electron chi connectivity index (χ3n) is 2.57. The second-order valence-corrected chi connectivity index (χ2v) is 4.95. The lowest BCUT2D eigenvalue weighted by atomic mass is 10.1. The molecule has 0 aliphatic heterocycles. The van der Waals surface area contributed by atoms with E-state index < -0.39 is 6.10 Å². The third kappa shape index (κ3) is 4.85. The molecule has 2 rings (SSSR count). The van der Waals surface area contributed by atoms with Gasteiger partial charge in [-0.1, -0.05) is 6.07 Å². The van der Waals surface area contributed by atoms with E-state index in [1.165, 1.54) is 0 Å². The van der Waals surface area contributed by atoms with Gasteiger partial charge in [0.05, 0.1) is 12.7 Å². The number of rotatable bonds is 5. The Balaban J connectivity index is 0.00000180. The van der Waals surface area contributed by atoms with Crippen LogP contribution in [0.3, 0.4) is 0 Å². The zero-order valence-corrected chi connectivity index (χ0v) is 13.1. The molecule has 0 aliphatic rings. The van der Waals surface area contributed by atoms with Gasteiger partial charge in [-0.05, 0) is 29.6 Å². The highest BCUT2D eigenvalue weighted by atomic mass is 35.5. The average Bonchev–Trinajstić information content (AvgIpc) is 2.90. The minimum Gasteiger partial charge on any atom is -0.399 e. The van der Waals surface area contributed by atoms with E-state index in [4.69, 9.17) is 10.8 Å². The SMILES string of the molecule is Cl.Cl.Nc1ccc(NCC(O)CO)c(-c2cccs2)c1. The molecule has 20 heavy (non-hydrogen) atoms. The van der Waals surface area contributed by atoms with Gasteiger partial charge in [-0.3, -0.25) is 0 Å². The molecule has 112 valence electrons. The summed E-state index contributed by atoms with van der Waals surface area (Å²) in [6, 6.07) is 9.60. The first kappa shape index (κ1) is 19.0.